The van der Waals surface area contributed by atoms with Crippen LogP contribution in [-0.4, -0.2) is 19.1 Å². The maximum absolute atomic E-state index is 12.3. The number of rotatable bonds is 8. The van der Waals surface area contributed by atoms with E-state index in [0.29, 0.717) is 13.2 Å². The predicted molar refractivity (Wildman–Crippen MR) is 127 cm³/mol. The van der Waals surface area contributed by atoms with E-state index in [2.05, 4.69) is 46.4 Å². The van der Waals surface area contributed by atoms with Gasteiger partial charge in [0.2, 0.25) is 5.91 Å². The Morgan fingerprint density at radius 2 is 1.97 bits per heavy atom. The molecule has 5 heteroatoms. The van der Waals surface area contributed by atoms with E-state index in [1.807, 2.05) is 32.9 Å². The van der Waals surface area contributed by atoms with E-state index in [0.717, 1.165) is 61.9 Å². The molecule has 30 heavy (non-hydrogen) atoms. The Morgan fingerprint density at radius 1 is 1.23 bits per heavy atom. The largest absolute Gasteiger partial charge is 0.493 e. The summed E-state index contributed by atoms with van der Waals surface area (Å²) >= 11 is 3.49. The molecular weight excluding hydrogens is 442 g/mol. The van der Waals surface area contributed by atoms with Crippen molar-refractivity contribution >= 4 is 38.4 Å². The van der Waals surface area contributed by atoms with Crippen molar-refractivity contribution in [2.45, 2.75) is 40.5 Å². The molecule has 0 spiro atoms. The van der Waals surface area contributed by atoms with Gasteiger partial charge in [-0.3, -0.25) is 4.79 Å². The number of halogens is 1. The van der Waals surface area contributed by atoms with Gasteiger partial charge in [-0.15, -0.1) is 0 Å². The molecule has 3 rings (SSSR count). The molecule has 2 aromatic carbocycles. The molecule has 0 unspecified atom stereocenters. The van der Waals surface area contributed by atoms with Crippen LogP contribution in [0.5, 0.6) is 5.75 Å². The number of furan rings is 1. The monoisotopic (exact) mass is 469 g/mol. The average Bonchev–Trinajstić information content (AvgIpc) is 3.15. The number of fused-ring (bicyclic) bond motifs is 1. The highest BCUT2D eigenvalue weighted by Gasteiger charge is 2.19. The first-order valence-corrected chi connectivity index (χ1v) is 11.2. The summed E-state index contributed by atoms with van der Waals surface area (Å²) in [5.74, 6) is 0.679. The van der Waals surface area contributed by atoms with Gasteiger partial charge in [-0.1, -0.05) is 41.4 Å². The zero-order valence-corrected chi connectivity index (χ0v) is 19.6. The Balaban J connectivity index is 2.09. The molecule has 0 aliphatic rings. The summed E-state index contributed by atoms with van der Waals surface area (Å²) in [5, 5.41) is 3.95. The molecule has 0 radical (unpaired) electrons. The molecule has 0 fully saturated rings. The van der Waals surface area contributed by atoms with Crippen LogP contribution in [0, 0.1) is 6.92 Å². The lowest BCUT2D eigenvalue weighted by Crippen LogP contribution is -2.22. The Bertz CT molecular complexity index is 1060. The van der Waals surface area contributed by atoms with E-state index in [1.165, 1.54) is 0 Å². The summed E-state index contributed by atoms with van der Waals surface area (Å²) in [6.45, 7) is 9.23. The van der Waals surface area contributed by atoms with Crippen molar-refractivity contribution < 1.29 is 13.9 Å². The lowest BCUT2D eigenvalue weighted by atomic mass is 9.96. The summed E-state index contributed by atoms with van der Waals surface area (Å²) in [6, 6.07) is 10.2. The Kier molecular flexibility index (Phi) is 7.38. The third kappa shape index (κ3) is 4.78. The number of ether oxygens (including phenoxy) is 1. The first-order chi connectivity index (χ1) is 14.5. The normalized spacial score (nSPS) is 11.7. The molecule has 158 valence electrons. The summed E-state index contributed by atoms with van der Waals surface area (Å²) in [4.78, 5) is 12.3. The Morgan fingerprint density at radius 3 is 2.63 bits per heavy atom. The van der Waals surface area contributed by atoms with Crippen LogP contribution in [0.4, 0.5) is 0 Å². The van der Waals surface area contributed by atoms with Crippen LogP contribution in [0.1, 0.15) is 44.7 Å². The molecule has 3 aromatic rings. The summed E-state index contributed by atoms with van der Waals surface area (Å²) in [7, 11) is 0. The van der Waals surface area contributed by atoms with Gasteiger partial charge in [-0.2, -0.15) is 0 Å². The summed E-state index contributed by atoms with van der Waals surface area (Å²) in [6.07, 6.45) is 5.46. The van der Waals surface area contributed by atoms with E-state index >= 15 is 0 Å². The molecule has 0 saturated carbocycles. The van der Waals surface area contributed by atoms with Crippen molar-refractivity contribution in [1.29, 1.82) is 0 Å². The van der Waals surface area contributed by atoms with E-state index in [9.17, 15) is 4.79 Å². The zero-order chi connectivity index (χ0) is 21.7. The quantitative estimate of drug-likeness (QED) is 0.288. The minimum Gasteiger partial charge on any atom is -0.493 e. The minimum atomic E-state index is -0.0820. The molecule has 0 atom stereocenters. The average molecular weight is 470 g/mol. The van der Waals surface area contributed by atoms with E-state index in [-0.39, 0.29) is 5.91 Å². The molecular formula is C25H28BrNO3. The highest BCUT2D eigenvalue weighted by atomic mass is 79.9. The maximum Gasteiger partial charge on any atom is 0.244 e. The summed E-state index contributed by atoms with van der Waals surface area (Å²) in [5.41, 5.74) is 5.61. The third-order valence-electron chi connectivity index (χ3n) is 5.09. The van der Waals surface area contributed by atoms with Gasteiger partial charge in [0.1, 0.15) is 11.3 Å². The predicted octanol–water partition coefficient (Wildman–Crippen LogP) is 6.89. The lowest BCUT2D eigenvalue weighted by molar-refractivity contribution is -0.116. The first-order valence-electron chi connectivity index (χ1n) is 10.4. The van der Waals surface area contributed by atoms with E-state index in [1.54, 1.807) is 12.3 Å². The fraction of sp³-hybridized carbons (Fsp3) is 0.320. The van der Waals surface area contributed by atoms with E-state index < -0.39 is 0 Å². The van der Waals surface area contributed by atoms with Gasteiger partial charge in [0.25, 0.3) is 0 Å². The highest BCUT2D eigenvalue weighted by Crippen LogP contribution is 2.40. The Hall–Kier alpha value is -2.53. The lowest BCUT2D eigenvalue weighted by Gasteiger charge is -2.15. The zero-order valence-electron chi connectivity index (χ0n) is 18.0. The Labute approximate surface area is 186 Å². The van der Waals surface area contributed by atoms with Gasteiger partial charge in [0.05, 0.1) is 12.9 Å². The van der Waals surface area contributed by atoms with Gasteiger partial charge in [0.15, 0.2) is 0 Å². The first kappa shape index (κ1) is 22.2. The number of allylic oxidation sites excluding steroid dienone is 1. The molecule has 0 saturated heterocycles. The molecule has 0 aliphatic heterocycles. The molecule has 1 aromatic heterocycles. The van der Waals surface area contributed by atoms with Crippen molar-refractivity contribution in [3.63, 3.8) is 0 Å². The molecule has 1 heterocycles. The van der Waals surface area contributed by atoms with Gasteiger partial charge >= 0.3 is 0 Å². The number of hydrogen-bond donors (Lipinski definition) is 1. The topological polar surface area (TPSA) is 51.5 Å². The molecule has 4 nitrogen and oxygen atoms in total. The molecule has 1 amide bonds. The number of carbonyl (C=O) groups is 1. The van der Waals surface area contributed by atoms with Crippen molar-refractivity contribution in [3.05, 3.63) is 58.3 Å². The number of hydrogen-bond acceptors (Lipinski definition) is 3. The van der Waals surface area contributed by atoms with Gasteiger partial charge in [-0.25, -0.2) is 0 Å². The SMILES string of the molecule is CCCCNC(=O)/C=C(\C)c1cc2c(-c3ccc(Br)cc3)coc2c(C)c1OCC. The number of amides is 1. The van der Waals surface area contributed by atoms with Gasteiger partial charge in [-0.05, 0) is 56.5 Å². The maximum atomic E-state index is 12.3. The van der Waals surface area contributed by atoms with Gasteiger partial charge < -0.3 is 14.5 Å². The van der Waals surface area contributed by atoms with Crippen LogP contribution in [0.3, 0.4) is 0 Å². The van der Waals surface area contributed by atoms with Gasteiger partial charge in [0, 0.05) is 39.2 Å². The second-order valence-corrected chi connectivity index (χ2v) is 8.23. The van der Waals surface area contributed by atoms with Crippen LogP contribution in [-0.2, 0) is 4.79 Å². The fourth-order valence-electron chi connectivity index (χ4n) is 3.51. The standard InChI is InChI=1S/C25H28BrNO3/c1-5-7-12-27-23(28)13-16(3)20-14-21-22(18-8-10-19(26)11-9-18)15-30-25(21)17(4)24(20)29-6-2/h8-11,13-15H,5-7,12H2,1-4H3,(H,27,28)/b16-13+. The number of aryl methyl sites for hydroxylation is 1. The van der Waals surface area contributed by atoms with Crippen LogP contribution in [0.2, 0.25) is 0 Å². The van der Waals surface area contributed by atoms with Crippen molar-refractivity contribution in [2.24, 2.45) is 0 Å². The second-order valence-electron chi connectivity index (χ2n) is 7.32. The number of benzene rings is 2. The van der Waals surface area contributed by atoms with Crippen molar-refractivity contribution in [1.82, 2.24) is 5.32 Å². The van der Waals surface area contributed by atoms with Crippen LogP contribution < -0.4 is 10.1 Å². The van der Waals surface area contributed by atoms with E-state index in [4.69, 9.17) is 9.15 Å². The minimum absolute atomic E-state index is 0.0820. The fourth-order valence-corrected chi connectivity index (χ4v) is 3.77. The van der Waals surface area contributed by atoms with Crippen LogP contribution in [0.25, 0.3) is 27.7 Å². The van der Waals surface area contributed by atoms with Crippen molar-refractivity contribution in [2.75, 3.05) is 13.2 Å². The molecule has 0 aliphatic carbocycles. The number of nitrogens with one attached hydrogen (secondary N) is 1. The molecule has 0 bridgehead atoms. The molecule has 1 N–H and O–H groups in total. The second kappa shape index (κ2) is 9.98. The highest BCUT2D eigenvalue weighted by molar-refractivity contribution is 9.10. The van der Waals surface area contributed by atoms with Crippen LogP contribution in [0.15, 0.2) is 51.6 Å². The number of carbonyl (C=O) groups excluding carboxylic acids is 1. The third-order valence-corrected chi connectivity index (χ3v) is 5.62. The van der Waals surface area contributed by atoms with Crippen molar-refractivity contribution in [3.8, 4) is 16.9 Å². The van der Waals surface area contributed by atoms with Crippen LogP contribution >= 0.6 is 15.9 Å². The smallest absolute Gasteiger partial charge is 0.244 e. The summed E-state index contributed by atoms with van der Waals surface area (Å²) < 4.78 is 12.9. The number of unbranched alkanes of at least 4 members (excludes halogenated alkanes) is 1.